The van der Waals surface area contributed by atoms with Crippen LogP contribution < -0.4 is 5.73 Å². The summed E-state index contributed by atoms with van der Waals surface area (Å²) in [7, 11) is 0. The van der Waals surface area contributed by atoms with Crippen LogP contribution >= 0.6 is 23.4 Å². The fourth-order valence-electron chi connectivity index (χ4n) is 1.83. The van der Waals surface area contributed by atoms with Gasteiger partial charge >= 0.3 is 0 Å². The third-order valence-electron chi connectivity index (χ3n) is 3.06. The molecule has 0 aliphatic heterocycles. The van der Waals surface area contributed by atoms with Gasteiger partial charge in [0, 0.05) is 20.9 Å². The normalized spacial score (nSPS) is 12.4. The van der Waals surface area contributed by atoms with E-state index in [1.807, 2.05) is 31.2 Å². The summed E-state index contributed by atoms with van der Waals surface area (Å²) in [4.78, 5) is 1.58. The topological polar surface area (TPSA) is 26.0 Å². The highest BCUT2D eigenvalue weighted by molar-refractivity contribution is 7.99. The van der Waals surface area contributed by atoms with Crippen molar-refractivity contribution in [2.45, 2.75) is 35.6 Å². The molecule has 20 heavy (non-hydrogen) atoms. The van der Waals surface area contributed by atoms with Crippen LogP contribution in [0, 0.1) is 5.82 Å². The molecule has 2 rings (SSSR count). The van der Waals surface area contributed by atoms with E-state index < -0.39 is 0 Å². The summed E-state index contributed by atoms with van der Waals surface area (Å²) in [6.07, 6.45) is 1.60. The lowest BCUT2D eigenvalue weighted by Gasteiger charge is -2.10. The Balaban J connectivity index is 2.11. The number of hydrogen-bond donors (Lipinski definition) is 1. The Bertz CT molecular complexity index is 571. The lowest BCUT2D eigenvalue weighted by molar-refractivity contribution is 0.593. The SMILES string of the molecule is CCC(N)Cc1ccc(Sc2ccc(Cl)cc2)c(F)c1. The molecule has 1 atom stereocenters. The average Bonchev–Trinajstić information content (AvgIpc) is 2.44. The highest BCUT2D eigenvalue weighted by Crippen LogP contribution is 2.31. The summed E-state index contributed by atoms with van der Waals surface area (Å²) >= 11 is 7.23. The van der Waals surface area contributed by atoms with Crippen LogP contribution in [0.3, 0.4) is 0 Å². The lowest BCUT2D eigenvalue weighted by Crippen LogP contribution is -2.21. The van der Waals surface area contributed by atoms with Gasteiger partial charge in [-0.05, 0) is 54.8 Å². The molecule has 0 amide bonds. The minimum Gasteiger partial charge on any atom is -0.327 e. The molecule has 106 valence electrons. The molecule has 2 aromatic rings. The standard InChI is InChI=1S/C16H17ClFNS/c1-2-13(19)9-11-3-8-16(15(18)10-11)20-14-6-4-12(17)5-7-14/h3-8,10,13H,2,9,19H2,1H3. The zero-order chi connectivity index (χ0) is 14.5. The van der Waals surface area contributed by atoms with Gasteiger partial charge in [-0.1, -0.05) is 36.4 Å². The third kappa shape index (κ3) is 4.23. The van der Waals surface area contributed by atoms with E-state index in [0.717, 1.165) is 16.9 Å². The molecule has 0 radical (unpaired) electrons. The second-order valence-corrected chi connectivity index (χ2v) is 6.24. The molecule has 0 bridgehead atoms. The van der Waals surface area contributed by atoms with Crippen molar-refractivity contribution in [1.82, 2.24) is 0 Å². The quantitative estimate of drug-likeness (QED) is 0.849. The molecule has 0 spiro atoms. The maximum absolute atomic E-state index is 14.1. The van der Waals surface area contributed by atoms with Crippen LogP contribution in [0.25, 0.3) is 0 Å². The summed E-state index contributed by atoms with van der Waals surface area (Å²) < 4.78 is 14.1. The van der Waals surface area contributed by atoms with Crippen molar-refractivity contribution in [2.75, 3.05) is 0 Å². The first-order valence-corrected chi connectivity index (χ1v) is 7.75. The van der Waals surface area contributed by atoms with Crippen molar-refractivity contribution >= 4 is 23.4 Å². The van der Waals surface area contributed by atoms with Crippen molar-refractivity contribution < 1.29 is 4.39 Å². The Hall–Kier alpha value is -1.03. The predicted molar refractivity (Wildman–Crippen MR) is 83.9 cm³/mol. The van der Waals surface area contributed by atoms with E-state index in [9.17, 15) is 4.39 Å². The third-order valence-corrected chi connectivity index (χ3v) is 4.37. The monoisotopic (exact) mass is 309 g/mol. The van der Waals surface area contributed by atoms with E-state index in [1.54, 1.807) is 18.2 Å². The van der Waals surface area contributed by atoms with Gasteiger partial charge < -0.3 is 5.73 Å². The highest BCUT2D eigenvalue weighted by atomic mass is 35.5. The molecule has 0 aliphatic rings. The van der Waals surface area contributed by atoms with Crippen LogP contribution in [0.2, 0.25) is 5.02 Å². The number of nitrogens with two attached hydrogens (primary N) is 1. The van der Waals surface area contributed by atoms with E-state index in [4.69, 9.17) is 17.3 Å². The molecule has 0 fully saturated rings. The van der Waals surface area contributed by atoms with Crippen molar-refractivity contribution in [3.05, 3.63) is 58.9 Å². The zero-order valence-electron chi connectivity index (χ0n) is 11.3. The Morgan fingerprint density at radius 1 is 1.20 bits per heavy atom. The molecular weight excluding hydrogens is 293 g/mol. The zero-order valence-corrected chi connectivity index (χ0v) is 12.8. The fourth-order valence-corrected chi connectivity index (χ4v) is 2.78. The van der Waals surface area contributed by atoms with E-state index in [2.05, 4.69) is 0 Å². The Labute approximate surface area is 128 Å². The summed E-state index contributed by atoms with van der Waals surface area (Å²) in [5.41, 5.74) is 6.83. The van der Waals surface area contributed by atoms with Crippen LogP contribution in [0.4, 0.5) is 4.39 Å². The molecule has 2 N–H and O–H groups in total. The molecule has 0 aromatic heterocycles. The van der Waals surface area contributed by atoms with Gasteiger partial charge in [0.15, 0.2) is 0 Å². The van der Waals surface area contributed by atoms with Crippen molar-refractivity contribution in [2.24, 2.45) is 5.73 Å². The van der Waals surface area contributed by atoms with Gasteiger partial charge in [-0.3, -0.25) is 0 Å². The number of rotatable bonds is 5. The van der Waals surface area contributed by atoms with Crippen LogP contribution in [0.1, 0.15) is 18.9 Å². The van der Waals surface area contributed by atoms with E-state index >= 15 is 0 Å². The summed E-state index contributed by atoms with van der Waals surface area (Å²) in [5, 5.41) is 0.679. The highest BCUT2D eigenvalue weighted by Gasteiger charge is 2.08. The second-order valence-electron chi connectivity index (χ2n) is 4.69. The van der Waals surface area contributed by atoms with Crippen LogP contribution in [-0.2, 0) is 6.42 Å². The van der Waals surface area contributed by atoms with E-state index in [0.29, 0.717) is 16.3 Å². The minimum atomic E-state index is -0.203. The molecule has 0 aliphatic carbocycles. The Kier molecular flexibility index (Phi) is 5.46. The van der Waals surface area contributed by atoms with Gasteiger partial charge in [0.25, 0.3) is 0 Å². The summed E-state index contributed by atoms with van der Waals surface area (Å²) in [5.74, 6) is -0.203. The van der Waals surface area contributed by atoms with E-state index in [-0.39, 0.29) is 11.9 Å². The summed E-state index contributed by atoms with van der Waals surface area (Å²) in [6.45, 7) is 2.03. The maximum atomic E-state index is 14.1. The Morgan fingerprint density at radius 2 is 1.90 bits per heavy atom. The smallest absolute Gasteiger partial charge is 0.137 e. The fraction of sp³-hybridized carbons (Fsp3) is 0.250. The lowest BCUT2D eigenvalue weighted by atomic mass is 10.0. The van der Waals surface area contributed by atoms with Crippen molar-refractivity contribution in [3.8, 4) is 0 Å². The van der Waals surface area contributed by atoms with E-state index in [1.165, 1.54) is 11.8 Å². The second kappa shape index (κ2) is 7.11. The van der Waals surface area contributed by atoms with Gasteiger partial charge in [-0.15, -0.1) is 0 Å². The summed E-state index contributed by atoms with van der Waals surface area (Å²) in [6, 6.07) is 12.8. The number of halogens is 2. The molecule has 0 saturated heterocycles. The first kappa shape index (κ1) is 15.4. The average molecular weight is 310 g/mol. The van der Waals surface area contributed by atoms with Crippen LogP contribution in [0.15, 0.2) is 52.3 Å². The van der Waals surface area contributed by atoms with Crippen LogP contribution in [-0.4, -0.2) is 6.04 Å². The molecule has 0 heterocycles. The van der Waals surface area contributed by atoms with Crippen molar-refractivity contribution in [1.29, 1.82) is 0 Å². The number of hydrogen-bond acceptors (Lipinski definition) is 2. The van der Waals surface area contributed by atoms with Gasteiger partial charge in [-0.25, -0.2) is 4.39 Å². The first-order valence-electron chi connectivity index (χ1n) is 6.56. The minimum absolute atomic E-state index is 0.0872. The predicted octanol–water partition coefficient (Wildman–Crippen LogP) is 4.91. The molecular formula is C16H17ClFNS. The molecule has 0 saturated carbocycles. The van der Waals surface area contributed by atoms with Gasteiger partial charge in [-0.2, -0.15) is 0 Å². The molecule has 1 nitrogen and oxygen atoms in total. The first-order chi connectivity index (χ1) is 9.58. The largest absolute Gasteiger partial charge is 0.327 e. The number of benzene rings is 2. The van der Waals surface area contributed by atoms with Crippen molar-refractivity contribution in [3.63, 3.8) is 0 Å². The molecule has 2 aromatic carbocycles. The van der Waals surface area contributed by atoms with Gasteiger partial charge in [0.1, 0.15) is 5.82 Å². The van der Waals surface area contributed by atoms with Crippen LogP contribution in [0.5, 0.6) is 0 Å². The maximum Gasteiger partial charge on any atom is 0.137 e. The van der Waals surface area contributed by atoms with Gasteiger partial charge in [0.05, 0.1) is 0 Å². The molecule has 1 unspecified atom stereocenters. The molecule has 4 heteroatoms. The Morgan fingerprint density at radius 3 is 2.50 bits per heavy atom. The van der Waals surface area contributed by atoms with Gasteiger partial charge in [0.2, 0.25) is 0 Å².